The van der Waals surface area contributed by atoms with E-state index in [-0.39, 0.29) is 11.1 Å². The summed E-state index contributed by atoms with van der Waals surface area (Å²) < 4.78 is 4.57. The van der Waals surface area contributed by atoms with Crippen molar-refractivity contribution in [1.29, 1.82) is 0 Å². The third-order valence-corrected chi connectivity index (χ3v) is 1.90. The minimum absolute atomic E-state index is 0.0139. The van der Waals surface area contributed by atoms with Gasteiger partial charge in [0.2, 0.25) is 0 Å². The van der Waals surface area contributed by atoms with E-state index >= 15 is 0 Å². The van der Waals surface area contributed by atoms with Crippen molar-refractivity contribution < 1.29 is 9.34 Å². The van der Waals surface area contributed by atoms with Gasteiger partial charge in [-0.25, -0.2) is 4.79 Å². The normalized spacial score (nSPS) is 10.3. The van der Waals surface area contributed by atoms with Gasteiger partial charge in [0.25, 0.3) is 5.69 Å². The summed E-state index contributed by atoms with van der Waals surface area (Å²) in [5, 5.41) is 11.1. The van der Waals surface area contributed by atoms with Crippen LogP contribution in [0.4, 0.5) is 5.69 Å². The Morgan fingerprint density at radius 3 is 2.79 bits per heavy atom. The Labute approximate surface area is 77.7 Å². The third-order valence-electron chi connectivity index (χ3n) is 1.90. The Hall–Kier alpha value is -2.17. The Balaban J connectivity index is 2.99. The summed E-state index contributed by atoms with van der Waals surface area (Å²) >= 11 is 0. The van der Waals surface area contributed by atoms with E-state index in [0.717, 1.165) is 0 Å². The summed E-state index contributed by atoms with van der Waals surface area (Å²) in [5.41, 5.74) is -0.911. The Kier molecular flexibility index (Phi) is 1.78. The Morgan fingerprint density at radius 2 is 2.07 bits per heavy atom. The zero-order chi connectivity index (χ0) is 10.1. The van der Waals surface area contributed by atoms with Crippen LogP contribution in [0.3, 0.4) is 0 Å². The predicted molar refractivity (Wildman–Crippen MR) is 49.1 cm³/mol. The lowest BCUT2D eigenvalue weighted by molar-refractivity contribution is -0.383. The largest absolute Gasteiger partial charge is 0.431 e. The molecule has 2 rings (SSSR count). The number of fused-ring (bicyclic) bond motifs is 1. The highest BCUT2D eigenvalue weighted by atomic mass is 16.6. The summed E-state index contributed by atoms with van der Waals surface area (Å²) in [6.45, 7) is 0. The van der Waals surface area contributed by atoms with Crippen LogP contribution in [0.1, 0.15) is 0 Å². The monoisotopic (exact) mass is 191 g/mol. The quantitative estimate of drug-likeness (QED) is 0.507. The second kappa shape index (κ2) is 2.95. The number of nitro groups is 1. The van der Waals surface area contributed by atoms with Gasteiger partial charge in [0.1, 0.15) is 5.39 Å². The minimum atomic E-state index is -0.685. The van der Waals surface area contributed by atoms with E-state index in [2.05, 4.69) is 4.42 Å². The first-order valence-corrected chi connectivity index (χ1v) is 3.85. The van der Waals surface area contributed by atoms with E-state index in [9.17, 15) is 14.9 Å². The van der Waals surface area contributed by atoms with E-state index in [1.807, 2.05) is 0 Å². The molecule has 5 heteroatoms. The zero-order valence-corrected chi connectivity index (χ0v) is 6.97. The first-order valence-electron chi connectivity index (χ1n) is 3.85. The molecule has 0 aliphatic rings. The maximum Gasteiger partial charge on any atom is 0.350 e. The van der Waals surface area contributed by atoms with Crippen molar-refractivity contribution in [2.75, 3.05) is 0 Å². The average molecular weight is 191 g/mol. The van der Waals surface area contributed by atoms with E-state index in [1.165, 1.54) is 24.5 Å². The smallest absolute Gasteiger partial charge is 0.350 e. The molecule has 0 bridgehead atoms. The van der Waals surface area contributed by atoms with Crippen molar-refractivity contribution in [3.8, 4) is 0 Å². The highest BCUT2D eigenvalue weighted by Gasteiger charge is 2.14. The third kappa shape index (κ3) is 1.15. The lowest BCUT2D eigenvalue weighted by Crippen LogP contribution is -2.01. The average Bonchev–Trinajstić information content (AvgIpc) is 2.17. The summed E-state index contributed by atoms with van der Waals surface area (Å²) in [6, 6.07) is 5.95. The van der Waals surface area contributed by atoms with E-state index in [4.69, 9.17) is 0 Å². The summed E-state index contributed by atoms with van der Waals surface area (Å²) in [7, 11) is 0. The van der Waals surface area contributed by atoms with Gasteiger partial charge in [0.15, 0.2) is 0 Å². The van der Waals surface area contributed by atoms with Gasteiger partial charge in [-0.1, -0.05) is 12.1 Å². The Bertz CT molecular complexity index is 553. The summed E-state index contributed by atoms with van der Waals surface area (Å²) in [5.74, 6) is 0. The van der Waals surface area contributed by atoms with E-state index in [1.54, 1.807) is 6.07 Å². The molecule has 2 aromatic rings. The second-order valence-corrected chi connectivity index (χ2v) is 2.71. The first-order chi connectivity index (χ1) is 6.70. The molecule has 0 N–H and O–H groups in total. The fourth-order valence-electron chi connectivity index (χ4n) is 1.30. The van der Waals surface area contributed by atoms with Gasteiger partial charge >= 0.3 is 5.63 Å². The molecule has 5 nitrogen and oxygen atoms in total. The molecule has 0 amide bonds. The SMILES string of the molecule is O=c1occc2cccc([N+](=O)[O-])c12. The molecule has 0 spiro atoms. The summed E-state index contributed by atoms with van der Waals surface area (Å²) in [4.78, 5) is 21.2. The van der Waals surface area contributed by atoms with E-state index < -0.39 is 10.5 Å². The highest BCUT2D eigenvalue weighted by Crippen LogP contribution is 2.21. The van der Waals surface area contributed by atoms with Crippen molar-refractivity contribution in [3.05, 3.63) is 51.1 Å². The lowest BCUT2D eigenvalue weighted by Gasteiger charge is -1.95. The number of hydrogen-bond acceptors (Lipinski definition) is 4. The van der Waals surface area contributed by atoms with Gasteiger partial charge in [-0.3, -0.25) is 10.1 Å². The first kappa shape index (κ1) is 8.43. The van der Waals surface area contributed by atoms with Crippen molar-refractivity contribution in [1.82, 2.24) is 0 Å². The molecular formula is C9H5NO4. The maximum atomic E-state index is 11.2. The van der Waals surface area contributed by atoms with Gasteiger partial charge in [0, 0.05) is 6.07 Å². The minimum Gasteiger partial charge on any atom is -0.431 e. The number of nitrogens with zero attached hydrogens (tertiary/aromatic N) is 1. The number of nitro benzene ring substituents is 1. The highest BCUT2D eigenvalue weighted by molar-refractivity contribution is 5.89. The molecule has 0 radical (unpaired) electrons. The van der Waals surface area contributed by atoms with Gasteiger partial charge in [0.05, 0.1) is 11.2 Å². The van der Waals surface area contributed by atoms with Crippen LogP contribution < -0.4 is 5.63 Å². The lowest BCUT2D eigenvalue weighted by atomic mass is 10.1. The van der Waals surface area contributed by atoms with Gasteiger partial charge in [-0.15, -0.1) is 0 Å². The molecule has 0 unspecified atom stereocenters. The second-order valence-electron chi connectivity index (χ2n) is 2.71. The molecule has 0 atom stereocenters. The van der Waals surface area contributed by atoms with E-state index in [0.29, 0.717) is 5.39 Å². The number of benzene rings is 1. The van der Waals surface area contributed by atoms with Gasteiger partial charge in [-0.2, -0.15) is 0 Å². The van der Waals surface area contributed by atoms with Crippen LogP contribution in [0.5, 0.6) is 0 Å². The molecule has 1 aromatic heterocycles. The van der Waals surface area contributed by atoms with Crippen LogP contribution in [-0.2, 0) is 0 Å². The molecular weight excluding hydrogens is 186 g/mol. The Morgan fingerprint density at radius 1 is 1.29 bits per heavy atom. The van der Waals surface area contributed by atoms with Crippen LogP contribution in [0.2, 0.25) is 0 Å². The van der Waals surface area contributed by atoms with Gasteiger partial charge in [-0.05, 0) is 11.5 Å². The van der Waals surface area contributed by atoms with Crippen LogP contribution in [0.25, 0.3) is 10.8 Å². The molecule has 1 aromatic carbocycles. The molecule has 14 heavy (non-hydrogen) atoms. The molecule has 70 valence electrons. The van der Waals surface area contributed by atoms with Crippen LogP contribution in [0.15, 0.2) is 39.7 Å². The van der Waals surface area contributed by atoms with Crippen molar-refractivity contribution >= 4 is 16.5 Å². The van der Waals surface area contributed by atoms with Crippen molar-refractivity contribution in [2.24, 2.45) is 0 Å². The van der Waals surface area contributed by atoms with Crippen molar-refractivity contribution in [2.45, 2.75) is 0 Å². The number of non-ortho nitro benzene ring substituents is 1. The zero-order valence-electron chi connectivity index (χ0n) is 6.97. The van der Waals surface area contributed by atoms with Crippen LogP contribution in [-0.4, -0.2) is 4.92 Å². The topological polar surface area (TPSA) is 73.3 Å². The maximum absolute atomic E-state index is 11.2. The molecule has 0 saturated carbocycles. The predicted octanol–water partition coefficient (Wildman–Crippen LogP) is 1.70. The van der Waals surface area contributed by atoms with Crippen LogP contribution in [0, 0.1) is 10.1 Å². The van der Waals surface area contributed by atoms with Crippen LogP contribution >= 0.6 is 0 Å². The molecule has 1 heterocycles. The van der Waals surface area contributed by atoms with Crippen molar-refractivity contribution in [3.63, 3.8) is 0 Å². The number of rotatable bonds is 1. The fourth-order valence-corrected chi connectivity index (χ4v) is 1.30. The van der Waals surface area contributed by atoms with Gasteiger partial charge < -0.3 is 4.42 Å². The number of hydrogen-bond donors (Lipinski definition) is 0. The standard InChI is InChI=1S/C9H5NO4/c11-9-8-6(4-5-14-9)2-1-3-7(8)10(12)13/h1-5H. The molecule has 0 aliphatic carbocycles. The summed E-state index contributed by atoms with van der Waals surface area (Å²) in [6.07, 6.45) is 1.22. The molecule has 0 saturated heterocycles. The molecule has 0 fully saturated rings. The fraction of sp³-hybridized carbons (Fsp3) is 0. The molecule has 0 aliphatic heterocycles.